The second kappa shape index (κ2) is 3.10. The Labute approximate surface area is 86.3 Å². The first-order valence-electron chi connectivity index (χ1n) is 4.20. The lowest BCUT2D eigenvalue weighted by atomic mass is 10.1. The molecule has 2 rings (SSSR count). The van der Waals surface area contributed by atoms with Crippen molar-refractivity contribution in [3.8, 4) is 0 Å². The van der Waals surface area contributed by atoms with Crippen LogP contribution in [0.1, 0.15) is 17.3 Å². The maximum absolute atomic E-state index is 11.6. The van der Waals surface area contributed by atoms with Crippen LogP contribution in [0.3, 0.4) is 0 Å². The second-order valence-electron chi connectivity index (χ2n) is 3.11. The van der Waals surface area contributed by atoms with Crippen molar-refractivity contribution in [1.29, 1.82) is 0 Å². The minimum Gasteiger partial charge on any atom is -0.290 e. The van der Waals surface area contributed by atoms with Crippen LogP contribution in [0.5, 0.6) is 0 Å². The Balaban J connectivity index is 2.59. The SMILES string of the molecule is CC(=O)N1c2ccccc2C(=O)C1Cl. The largest absolute Gasteiger partial charge is 0.290 e. The van der Waals surface area contributed by atoms with Gasteiger partial charge in [-0.3, -0.25) is 14.5 Å². The third-order valence-corrected chi connectivity index (χ3v) is 2.60. The molecule has 1 amide bonds. The Morgan fingerprint density at radius 3 is 2.71 bits per heavy atom. The van der Waals surface area contributed by atoms with E-state index in [-0.39, 0.29) is 11.7 Å². The molecular formula is C10H8ClNO2. The van der Waals surface area contributed by atoms with Crippen molar-refractivity contribution < 1.29 is 9.59 Å². The Hall–Kier alpha value is -1.35. The Morgan fingerprint density at radius 2 is 2.07 bits per heavy atom. The number of nitrogens with zero attached hydrogens (tertiary/aromatic N) is 1. The maximum Gasteiger partial charge on any atom is 0.225 e. The van der Waals surface area contributed by atoms with E-state index in [4.69, 9.17) is 11.6 Å². The van der Waals surface area contributed by atoms with Crippen LogP contribution in [0.25, 0.3) is 0 Å². The van der Waals surface area contributed by atoms with Crippen LogP contribution in [-0.2, 0) is 4.79 Å². The summed E-state index contributed by atoms with van der Waals surface area (Å²) in [7, 11) is 0. The maximum atomic E-state index is 11.6. The van der Waals surface area contributed by atoms with E-state index in [0.29, 0.717) is 11.3 Å². The lowest BCUT2D eigenvalue weighted by Crippen LogP contribution is -2.34. The van der Waals surface area contributed by atoms with Crippen molar-refractivity contribution in [2.45, 2.75) is 12.4 Å². The highest BCUT2D eigenvalue weighted by Gasteiger charge is 2.37. The molecule has 1 atom stereocenters. The number of benzene rings is 1. The van der Waals surface area contributed by atoms with E-state index >= 15 is 0 Å². The van der Waals surface area contributed by atoms with E-state index in [1.807, 2.05) is 0 Å². The van der Waals surface area contributed by atoms with Gasteiger partial charge < -0.3 is 0 Å². The van der Waals surface area contributed by atoms with E-state index in [0.717, 1.165) is 0 Å². The number of para-hydroxylation sites is 1. The molecule has 4 heteroatoms. The van der Waals surface area contributed by atoms with Gasteiger partial charge in [-0.1, -0.05) is 23.7 Å². The topological polar surface area (TPSA) is 37.4 Å². The van der Waals surface area contributed by atoms with Crippen LogP contribution in [0.4, 0.5) is 5.69 Å². The van der Waals surface area contributed by atoms with Gasteiger partial charge in [-0.25, -0.2) is 0 Å². The number of anilines is 1. The smallest absolute Gasteiger partial charge is 0.225 e. The Bertz CT molecular complexity index is 416. The number of halogens is 1. The van der Waals surface area contributed by atoms with Gasteiger partial charge in [0.15, 0.2) is 5.50 Å². The van der Waals surface area contributed by atoms with E-state index in [1.165, 1.54) is 11.8 Å². The van der Waals surface area contributed by atoms with Crippen molar-refractivity contribution in [3.63, 3.8) is 0 Å². The molecule has 0 aromatic heterocycles. The summed E-state index contributed by atoms with van der Waals surface area (Å²) < 4.78 is 0. The fourth-order valence-electron chi connectivity index (χ4n) is 1.59. The average Bonchev–Trinajstić information content (AvgIpc) is 2.41. The number of carbonyl (C=O) groups excluding carboxylic acids is 2. The quantitative estimate of drug-likeness (QED) is 0.483. The molecule has 3 nitrogen and oxygen atoms in total. The third kappa shape index (κ3) is 1.13. The lowest BCUT2D eigenvalue weighted by molar-refractivity contribution is -0.116. The van der Waals surface area contributed by atoms with Gasteiger partial charge in [0.2, 0.25) is 11.7 Å². The summed E-state index contributed by atoms with van der Waals surface area (Å²) in [5.41, 5.74) is 0.234. The third-order valence-electron chi connectivity index (χ3n) is 2.21. The molecule has 1 aliphatic rings. The first kappa shape index (κ1) is 9.21. The molecule has 1 aliphatic heterocycles. The van der Waals surface area contributed by atoms with Gasteiger partial charge >= 0.3 is 0 Å². The first-order chi connectivity index (χ1) is 6.63. The number of Topliss-reactive ketones (excluding diaryl/α,β-unsaturated/α-hetero) is 1. The van der Waals surface area contributed by atoms with Gasteiger partial charge in [-0.2, -0.15) is 0 Å². The van der Waals surface area contributed by atoms with E-state index in [9.17, 15) is 9.59 Å². The number of hydrogen-bond acceptors (Lipinski definition) is 2. The second-order valence-corrected chi connectivity index (χ2v) is 3.52. The van der Waals surface area contributed by atoms with Crippen LogP contribution in [0.15, 0.2) is 24.3 Å². The molecule has 0 saturated heterocycles. The normalized spacial score (nSPS) is 19.7. The Kier molecular flexibility index (Phi) is 2.04. The lowest BCUT2D eigenvalue weighted by Gasteiger charge is -2.17. The minimum atomic E-state index is -0.884. The average molecular weight is 210 g/mol. The first-order valence-corrected chi connectivity index (χ1v) is 4.63. The summed E-state index contributed by atoms with van der Waals surface area (Å²) in [6, 6.07) is 6.92. The van der Waals surface area contributed by atoms with Crippen LogP contribution < -0.4 is 4.90 Å². The van der Waals surface area contributed by atoms with E-state index < -0.39 is 5.50 Å². The molecule has 0 radical (unpaired) electrons. The summed E-state index contributed by atoms with van der Waals surface area (Å²) in [6.07, 6.45) is 0. The van der Waals surface area contributed by atoms with Gasteiger partial charge in [0.1, 0.15) is 0 Å². The molecule has 0 N–H and O–H groups in total. The summed E-state index contributed by atoms with van der Waals surface area (Å²) in [5.74, 6) is -0.430. The van der Waals surface area contributed by atoms with Crippen LogP contribution in [0, 0.1) is 0 Å². The van der Waals surface area contributed by atoms with Crippen LogP contribution in [-0.4, -0.2) is 17.2 Å². The van der Waals surface area contributed by atoms with E-state index in [1.54, 1.807) is 24.3 Å². The highest BCUT2D eigenvalue weighted by atomic mass is 35.5. The molecule has 0 bridgehead atoms. The zero-order chi connectivity index (χ0) is 10.3. The molecule has 1 unspecified atom stereocenters. The van der Waals surface area contributed by atoms with Crippen LogP contribution in [0.2, 0.25) is 0 Å². The van der Waals surface area contributed by atoms with Gasteiger partial charge in [-0.05, 0) is 12.1 Å². The zero-order valence-corrected chi connectivity index (χ0v) is 8.28. The molecule has 0 fully saturated rings. The predicted molar refractivity (Wildman–Crippen MR) is 53.6 cm³/mol. The van der Waals surface area contributed by atoms with Gasteiger partial charge in [-0.15, -0.1) is 0 Å². The zero-order valence-electron chi connectivity index (χ0n) is 7.53. The number of amides is 1. The van der Waals surface area contributed by atoms with E-state index in [2.05, 4.69) is 0 Å². The molecule has 1 aromatic rings. The molecule has 0 aliphatic carbocycles. The summed E-state index contributed by atoms with van der Waals surface area (Å²) >= 11 is 5.84. The van der Waals surface area contributed by atoms with Crippen molar-refractivity contribution in [1.82, 2.24) is 0 Å². The highest BCUT2D eigenvalue weighted by molar-refractivity contribution is 6.40. The van der Waals surface area contributed by atoms with Crippen molar-refractivity contribution in [2.75, 3.05) is 4.90 Å². The molecule has 1 aromatic carbocycles. The van der Waals surface area contributed by atoms with Crippen molar-refractivity contribution >= 4 is 29.0 Å². The predicted octanol–water partition coefficient (Wildman–Crippen LogP) is 1.80. The van der Waals surface area contributed by atoms with Crippen molar-refractivity contribution in [2.24, 2.45) is 0 Å². The number of carbonyl (C=O) groups is 2. The molecule has 1 heterocycles. The molecule has 0 spiro atoms. The van der Waals surface area contributed by atoms with Gasteiger partial charge in [0.05, 0.1) is 5.69 Å². The molecule has 14 heavy (non-hydrogen) atoms. The highest BCUT2D eigenvalue weighted by Crippen LogP contribution is 2.33. The number of ketones is 1. The van der Waals surface area contributed by atoms with Gasteiger partial charge in [0.25, 0.3) is 0 Å². The number of hydrogen-bond donors (Lipinski definition) is 0. The minimum absolute atomic E-state index is 0.211. The Morgan fingerprint density at radius 1 is 1.43 bits per heavy atom. The van der Waals surface area contributed by atoms with Gasteiger partial charge in [0, 0.05) is 12.5 Å². The molecule has 72 valence electrons. The van der Waals surface area contributed by atoms with Crippen molar-refractivity contribution in [3.05, 3.63) is 29.8 Å². The number of alkyl halides is 1. The summed E-state index contributed by atoms with van der Waals surface area (Å²) in [6.45, 7) is 1.39. The number of fused-ring (bicyclic) bond motifs is 1. The van der Waals surface area contributed by atoms with Crippen LogP contribution >= 0.6 is 11.6 Å². The number of rotatable bonds is 0. The molecule has 0 saturated carbocycles. The summed E-state index contributed by atoms with van der Waals surface area (Å²) in [4.78, 5) is 24.1. The standard InChI is InChI=1S/C10H8ClNO2/c1-6(13)12-8-5-3-2-4-7(8)9(14)10(12)11/h2-5,10H,1H3. The fraction of sp³-hybridized carbons (Fsp3) is 0.200. The molecular weight excluding hydrogens is 202 g/mol. The summed E-state index contributed by atoms with van der Waals surface area (Å²) in [5, 5.41) is 0. The fourth-order valence-corrected chi connectivity index (χ4v) is 1.95. The monoisotopic (exact) mass is 209 g/mol.